The van der Waals surface area contributed by atoms with Gasteiger partial charge < -0.3 is 25.0 Å². The summed E-state index contributed by atoms with van der Waals surface area (Å²) in [7, 11) is 0. The summed E-state index contributed by atoms with van der Waals surface area (Å²) in [5.74, 6) is -4.04. The molecule has 12 nitrogen and oxygen atoms in total. The van der Waals surface area contributed by atoms with Gasteiger partial charge in [-0.15, -0.1) is 11.3 Å². The minimum Gasteiger partial charge on any atom is -0.480 e. The van der Waals surface area contributed by atoms with Crippen LogP contribution in [0.15, 0.2) is 39.0 Å². The van der Waals surface area contributed by atoms with Crippen LogP contribution in [-0.2, 0) is 37.1 Å². The van der Waals surface area contributed by atoms with E-state index < -0.39 is 42.5 Å². The zero-order chi connectivity index (χ0) is 31.6. The number of carboxylic acids is 2. The highest BCUT2D eigenvalue weighted by Gasteiger charge is 2.36. The lowest BCUT2D eigenvalue weighted by molar-refractivity contribution is -0.141. The largest absolute Gasteiger partial charge is 0.480 e. The van der Waals surface area contributed by atoms with Crippen molar-refractivity contribution in [2.45, 2.75) is 38.8 Å². The van der Waals surface area contributed by atoms with Crippen LogP contribution in [0.1, 0.15) is 26.3 Å². The first-order valence-corrected chi connectivity index (χ1v) is 15.7. The van der Waals surface area contributed by atoms with Gasteiger partial charge in [-0.2, -0.15) is 0 Å². The molecule has 1 amide bonds. The first-order chi connectivity index (χ1) is 20.4. The minimum absolute atomic E-state index is 0.0150. The maximum absolute atomic E-state index is 13.8. The van der Waals surface area contributed by atoms with Gasteiger partial charge in [0, 0.05) is 4.90 Å². The minimum atomic E-state index is -1.31. The first kappa shape index (κ1) is 32.5. The fourth-order valence-corrected chi connectivity index (χ4v) is 8.13. The number of esters is 1. The van der Waals surface area contributed by atoms with E-state index in [0.717, 1.165) is 37.5 Å². The van der Waals surface area contributed by atoms with Gasteiger partial charge in [0.2, 0.25) is 0 Å². The van der Waals surface area contributed by atoms with Crippen molar-refractivity contribution in [3.05, 3.63) is 54.4 Å². The molecule has 43 heavy (non-hydrogen) atoms. The number of aliphatic carboxylic acids is 2. The van der Waals surface area contributed by atoms with E-state index in [9.17, 15) is 39.3 Å². The second kappa shape index (κ2) is 13.5. The smallest absolute Gasteiger partial charge is 0.325 e. The molecule has 16 heteroatoms. The molecule has 228 valence electrons. The van der Waals surface area contributed by atoms with Crippen molar-refractivity contribution in [3.63, 3.8) is 0 Å². The van der Waals surface area contributed by atoms with Gasteiger partial charge in [-0.3, -0.25) is 33.4 Å². The zero-order valence-corrected chi connectivity index (χ0v) is 26.5. The van der Waals surface area contributed by atoms with Gasteiger partial charge in [-0.05, 0) is 42.2 Å². The molecule has 0 aliphatic carbocycles. The van der Waals surface area contributed by atoms with Crippen molar-refractivity contribution in [2.24, 2.45) is 5.92 Å². The summed E-state index contributed by atoms with van der Waals surface area (Å²) in [6.07, 6.45) is 1.75. The molecular formula is C27H27N3O9S4. The third kappa shape index (κ3) is 6.88. The van der Waals surface area contributed by atoms with E-state index in [1.165, 1.54) is 11.8 Å². The Kier molecular flexibility index (Phi) is 10.2. The maximum atomic E-state index is 13.8. The summed E-state index contributed by atoms with van der Waals surface area (Å²) in [6, 6.07) is 5.37. The average molecular weight is 666 g/mol. The lowest BCUT2D eigenvalue weighted by Crippen LogP contribution is -2.37. The number of aromatic nitrogens is 1. The van der Waals surface area contributed by atoms with E-state index in [4.69, 9.17) is 17.0 Å². The highest BCUT2D eigenvalue weighted by Crippen LogP contribution is 2.47. The second-order valence-corrected chi connectivity index (χ2v) is 13.3. The summed E-state index contributed by atoms with van der Waals surface area (Å²) < 4.78 is 6.39. The molecule has 0 spiro atoms. The number of thiocarbonyl (C=S) groups is 1. The van der Waals surface area contributed by atoms with Crippen LogP contribution in [-0.4, -0.2) is 72.6 Å². The van der Waals surface area contributed by atoms with E-state index in [2.05, 4.69) is 0 Å². The van der Waals surface area contributed by atoms with Crippen molar-refractivity contribution in [1.29, 1.82) is 0 Å². The second-order valence-electron chi connectivity index (χ2n) is 9.55. The number of hydrogen-bond acceptors (Lipinski definition) is 12. The molecule has 1 saturated heterocycles. The Labute approximate surface area is 262 Å². The molecule has 3 N–H and O–H groups in total. The highest BCUT2D eigenvalue weighted by atomic mass is 32.2. The molecule has 4 rings (SSSR count). The topological polar surface area (TPSA) is 167 Å². The number of thiazole rings is 1. The quantitative estimate of drug-likeness (QED) is 0.246. The molecule has 1 fully saturated rings. The van der Waals surface area contributed by atoms with E-state index in [1.807, 2.05) is 19.9 Å². The van der Waals surface area contributed by atoms with Crippen LogP contribution in [0.3, 0.4) is 0 Å². The molecule has 3 heterocycles. The molecule has 2 aliphatic rings. The fourth-order valence-electron chi connectivity index (χ4n) is 4.32. The van der Waals surface area contributed by atoms with Crippen LogP contribution in [0, 0.1) is 5.92 Å². The SMILES string of the molecule is CCOC(=O)CN1C(=CC(=c2sc(=C3SC(=S)N(CC(=O)O)C3=O)n(CC(=O)O)c2=O)C(C)C)Sc2ccc(CO)cc21. The van der Waals surface area contributed by atoms with Crippen molar-refractivity contribution in [1.82, 2.24) is 9.47 Å². The number of nitrogens with zero attached hydrogens (tertiary/aromatic N) is 3. The number of amides is 1. The number of rotatable bonds is 10. The average Bonchev–Trinajstić information content (AvgIpc) is 3.53. The summed E-state index contributed by atoms with van der Waals surface area (Å²) in [6.45, 7) is 3.88. The molecule has 0 unspecified atom stereocenters. The number of carboxylic acid groups (broad SMARTS) is 2. The lowest BCUT2D eigenvalue weighted by Gasteiger charge is -2.20. The Bertz CT molecular complexity index is 1740. The molecule has 1 aromatic carbocycles. The van der Waals surface area contributed by atoms with Crippen molar-refractivity contribution >= 4 is 91.4 Å². The van der Waals surface area contributed by atoms with Gasteiger partial charge in [-0.25, -0.2) is 0 Å². The molecular weight excluding hydrogens is 639 g/mol. The van der Waals surface area contributed by atoms with E-state index >= 15 is 0 Å². The van der Waals surface area contributed by atoms with E-state index in [1.54, 1.807) is 30.0 Å². The van der Waals surface area contributed by atoms with Crippen molar-refractivity contribution < 1.29 is 39.2 Å². The number of carbonyl (C=O) groups excluding carboxylic acids is 2. The maximum Gasteiger partial charge on any atom is 0.325 e. The van der Waals surface area contributed by atoms with Crippen LogP contribution in [0.5, 0.6) is 0 Å². The number of thioether (sulfide) groups is 2. The van der Waals surface area contributed by atoms with Crippen LogP contribution in [0.25, 0.3) is 10.5 Å². The monoisotopic (exact) mass is 665 g/mol. The summed E-state index contributed by atoms with van der Waals surface area (Å²) in [5, 5.41) is 29.1. The van der Waals surface area contributed by atoms with Crippen LogP contribution in [0.2, 0.25) is 0 Å². The third-order valence-corrected chi connectivity index (χ3v) is 10.2. The number of aliphatic hydroxyl groups is 1. The van der Waals surface area contributed by atoms with Crippen molar-refractivity contribution in [2.75, 3.05) is 24.6 Å². The van der Waals surface area contributed by atoms with Crippen molar-refractivity contribution in [3.8, 4) is 0 Å². The van der Waals surface area contributed by atoms with E-state index in [0.29, 0.717) is 21.9 Å². The number of benzene rings is 1. The first-order valence-electron chi connectivity index (χ1n) is 12.9. The number of anilines is 1. The van der Waals surface area contributed by atoms with Gasteiger partial charge in [0.25, 0.3) is 11.5 Å². The fraction of sp³-hybridized carbons (Fsp3) is 0.333. The van der Waals surface area contributed by atoms with Gasteiger partial charge in [-0.1, -0.05) is 55.7 Å². The predicted molar refractivity (Wildman–Crippen MR) is 167 cm³/mol. The highest BCUT2D eigenvalue weighted by molar-refractivity contribution is 8.30. The zero-order valence-electron chi connectivity index (χ0n) is 23.2. The third-order valence-electron chi connectivity index (χ3n) is 6.25. The number of carbonyl (C=O) groups is 4. The van der Waals surface area contributed by atoms with Crippen LogP contribution in [0.4, 0.5) is 5.69 Å². The molecule has 0 saturated carbocycles. The van der Waals surface area contributed by atoms with Gasteiger partial charge in [0.15, 0.2) is 0 Å². The number of hydrogen-bond donors (Lipinski definition) is 3. The Morgan fingerprint density at radius 2 is 1.74 bits per heavy atom. The normalized spacial score (nSPS) is 17.7. The number of aliphatic hydroxyl groups excluding tert-OH is 1. The molecule has 1 aromatic heterocycles. The molecule has 2 aromatic rings. The number of allylic oxidation sites excluding steroid dienone is 1. The molecule has 0 bridgehead atoms. The van der Waals surface area contributed by atoms with Gasteiger partial charge in [0.05, 0.1) is 28.5 Å². The van der Waals surface area contributed by atoms with Gasteiger partial charge in [0.1, 0.15) is 33.5 Å². The standard InChI is InChI=1S/C27H27N3O9S4/c1-4-39-21(36)11-28-16-7-14(12-31)5-6-17(16)41-18(28)8-15(13(2)3)22-24(37)29(9-19(32)33)26(42-22)23-25(38)30(10-20(34)35)27(40)43-23/h5-8,13,31H,4,9-12H2,1-3H3,(H,32,33)(H,34,35). The molecule has 2 aliphatic heterocycles. The lowest BCUT2D eigenvalue weighted by atomic mass is 10.0. The van der Waals surface area contributed by atoms with Crippen LogP contribution >= 0.6 is 47.1 Å². The van der Waals surface area contributed by atoms with E-state index in [-0.39, 0.29) is 44.1 Å². The molecule has 0 radical (unpaired) electrons. The Morgan fingerprint density at radius 3 is 2.35 bits per heavy atom. The van der Waals surface area contributed by atoms with Crippen LogP contribution < -0.4 is 19.7 Å². The molecule has 0 atom stereocenters. The Morgan fingerprint density at radius 1 is 1.05 bits per heavy atom. The predicted octanol–water partition coefficient (Wildman–Crippen LogP) is 1.36. The summed E-state index contributed by atoms with van der Waals surface area (Å²) >= 11 is 8.29. The summed E-state index contributed by atoms with van der Waals surface area (Å²) in [5.41, 5.74) is 1.23. The Hall–Kier alpha value is -3.44. The number of ether oxygens (including phenoxy) is 1. The van der Waals surface area contributed by atoms with Gasteiger partial charge >= 0.3 is 17.9 Å². The summed E-state index contributed by atoms with van der Waals surface area (Å²) in [4.78, 5) is 65.9. The number of fused-ring (bicyclic) bond motifs is 1. The Balaban J connectivity index is 1.96.